The van der Waals surface area contributed by atoms with Gasteiger partial charge in [0.25, 0.3) is 5.56 Å². The molecule has 4 aromatic carbocycles. The Morgan fingerprint density at radius 3 is 2.34 bits per heavy atom. The van der Waals surface area contributed by atoms with Crippen molar-refractivity contribution in [1.29, 1.82) is 0 Å². The van der Waals surface area contributed by atoms with Gasteiger partial charge in [-0.1, -0.05) is 60.7 Å². The molecule has 4 aliphatic heterocycles. The van der Waals surface area contributed by atoms with E-state index in [-0.39, 0.29) is 130 Å². The first-order chi connectivity index (χ1) is 50.4. The van der Waals surface area contributed by atoms with Gasteiger partial charge in [-0.15, -0.1) is 5.10 Å². The van der Waals surface area contributed by atoms with Crippen LogP contribution >= 0.6 is 0 Å². The van der Waals surface area contributed by atoms with Gasteiger partial charge in [0.05, 0.1) is 72.8 Å². The fourth-order valence-corrected chi connectivity index (χ4v) is 13.9. The number of amides is 6. The molecule has 0 unspecified atom stereocenters. The number of ether oxygens (including phenoxy) is 6. The average molecular weight is 1450 g/mol. The third-order valence-electron chi connectivity index (χ3n) is 19.5. The van der Waals surface area contributed by atoms with Crippen LogP contribution in [0, 0.1) is 12.7 Å². The number of cyclic esters (lactones) is 1. The number of aliphatic hydroxyl groups excluding tert-OH is 3. The lowest BCUT2D eigenvalue weighted by molar-refractivity contribution is -0.271. The Balaban J connectivity index is 0.724. The number of para-hydroxylation sites is 1. The first-order valence-electron chi connectivity index (χ1n) is 34.5. The van der Waals surface area contributed by atoms with Crippen molar-refractivity contribution in [1.82, 2.24) is 51.1 Å². The van der Waals surface area contributed by atoms with Crippen molar-refractivity contribution >= 4 is 64.2 Å². The smallest absolute Gasteiger partial charge is 0.407 e. The maximum atomic E-state index is 15.7. The van der Waals surface area contributed by atoms with Crippen molar-refractivity contribution < 1.29 is 96.7 Å². The third kappa shape index (κ3) is 15.1. The number of nitrogens with one attached hydrogen (secondary N) is 5. The van der Waals surface area contributed by atoms with Crippen LogP contribution in [0.1, 0.15) is 121 Å². The summed E-state index contributed by atoms with van der Waals surface area (Å²) in [6.07, 6.45) is -11.6. The van der Waals surface area contributed by atoms with Crippen molar-refractivity contribution in [2.75, 3.05) is 44.9 Å². The minimum absolute atomic E-state index is 0.0253. The lowest BCUT2D eigenvalue weighted by atomic mass is 9.81. The van der Waals surface area contributed by atoms with Gasteiger partial charge >= 0.3 is 18.0 Å². The standard InChI is InChI=1S/C73H80FN11O20/c1-6-73(99)46-28-52-60-44(33-84(52)68(94)45(46)35-102-71(73)97)59-48(17-16-41-37(4)47(74)29-49(79-60)58(41)59)80-72(98)103-34-38-15-18-53(104-70-65(92)63(90)64(91)66(105-70)69(95)96)40(27-38)30-76-54(86)21-23-75-67(93)50(31-77-55(87)22-24-101-26-25-100-5)78-56(88)19-20-57(89)83-32-39-11-7-8-12-42(39)61-62(85(36(2)3)82-81-61)43-13-9-10-14-51(43)83/h7-15,18,27-29,36,48,50,63-66,70,90-92,99H,6,16-17,19-26,30-35H2,1-5H3,(H,75,93)(H,76,86)(H,77,87)(H,78,88)(H,80,98)(H,95,96)/t48-,50-,63-,64-,65+,66-,70+,73-/m0/s1. The van der Waals surface area contributed by atoms with Crippen LogP contribution < -0.4 is 41.8 Å². The summed E-state index contributed by atoms with van der Waals surface area (Å²) in [4.78, 5) is 129. The zero-order valence-electron chi connectivity index (χ0n) is 58.1. The summed E-state index contributed by atoms with van der Waals surface area (Å²) in [5, 5.41) is 76.5. The lowest BCUT2D eigenvalue weighted by Crippen LogP contribution is -2.61. The number of anilines is 1. The maximum Gasteiger partial charge on any atom is 0.407 e. The topological polar surface area (TPSA) is 422 Å². The van der Waals surface area contributed by atoms with Gasteiger partial charge in [-0.3, -0.25) is 28.8 Å². The Morgan fingerprint density at radius 1 is 0.819 bits per heavy atom. The molecule has 12 rings (SSSR count). The molecular formula is C73H80FN11O20. The number of carboxylic acids is 1. The molecule has 1 aliphatic carbocycles. The summed E-state index contributed by atoms with van der Waals surface area (Å²) in [7, 11) is 1.50. The van der Waals surface area contributed by atoms with Gasteiger partial charge in [-0.2, -0.15) is 0 Å². The number of fused-ring (bicyclic) bond motifs is 10. The molecule has 1 fully saturated rings. The number of aliphatic carboxylic acids is 1. The van der Waals surface area contributed by atoms with Crippen molar-refractivity contribution in [3.8, 4) is 39.7 Å². The zero-order valence-corrected chi connectivity index (χ0v) is 58.1. The minimum Gasteiger partial charge on any atom is -0.479 e. The van der Waals surface area contributed by atoms with E-state index >= 15 is 4.39 Å². The summed E-state index contributed by atoms with van der Waals surface area (Å²) >= 11 is 0. The Kier molecular flexibility index (Phi) is 22.1. The number of carbonyl (C=O) groups is 8. The number of aromatic nitrogens is 5. The Morgan fingerprint density at radius 2 is 1.58 bits per heavy atom. The van der Waals surface area contributed by atoms with Crippen LogP contribution in [-0.4, -0.2) is 174 Å². The molecule has 5 aliphatic rings. The first-order valence-corrected chi connectivity index (χ1v) is 34.5. The SMILES string of the molecule is CC[C@@]1(O)C(=O)OCc2c1cc1n(c2=O)Cc2c-1nc1cc(F)c(C)c3c1c2[C@@H](NC(=O)OCc1ccc(O[C@@H]2O[C@H](C(=O)O)[C@@H](O)[C@H](O)[C@H]2O)c(CNC(=O)CCNC(=O)[C@H](CNC(=O)CCOCCOC)NC(=O)CCC(=O)N2Cc4ccccc4-c4nnn(C(C)C)c4-c4ccccc42)c1)CC3. The van der Waals surface area contributed by atoms with Gasteiger partial charge in [-0.25, -0.2) is 28.4 Å². The van der Waals surface area contributed by atoms with E-state index in [2.05, 4.69) is 36.9 Å². The van der Waals surface area contributed by atoms with Gasteiger partial charge < -0.3 is 90.0 Å². The number of nitrogens with zero attached hydrogens (tertiary/aromatic N) is 6. The number of esters is 1. The van der Waals surface area contributed by atoms with Gasteiger partial charge in [-0.05, 0) is 92.1 Å². The molecule has 10 N–H and O–H groups in total. The molecule has 7 aromatic rings. The van der Waals surface area contributed by atoms with E-state index in [0.717, 1.165) is 11.1 Å². The molecule has 0 spiro atoms. The summed E-state index contributed by atoms with van der Waals surface area (Å²) < 4.78 is 51.7. The van der Waals surface area contributed by atoms with Gasteiger partial charge in [0.15, 0.2) is 11.7 Å². The van der Waals surface area contributed by atoms with E-state index in [4.69, 9.17) is 33.4 Å². The molecule has 6 amide bonds. The quantitative estimate of drug-likeness (QED) is 0.0274. The van der Waals surface area contributed by atoms with Crippen molar-refractivity contribution in [3.05, 3.63) is 145 Å². The number of hydrogen-bond acceptors (Lipinski definition) is 22. The summed E-state index contributed by atoms with van der Waals surface area (Å²) in [6.45, 7) is 5.91. The number of carbonyl (C=O) groups excluding carboxylic acids is 7. The average Bonchev–Trinajstić information content (AvgIpc) is 1.59. The number of rotatable bonds is 26. The van der Waals surface area contributed by atoms with Gasteiger partial charge in [0.2, 0.25) is 35.8 Å². The first kappa shape index (κ1) is 74.1. The summed E-state index contributed by atoms with van der Waals surface area (Å²) in [6, 6.07) is 19.6. The van der Waals surface area contributed by atoms with Crippen molar-refractivity contribution in [2.24, 2.45) is 0 Å². The summed E-state index contributed by atoms with van der Waals surface area (Å²) in [5.41, 5.74) is 5.11. The Bertz CT molecular complexity index is 4660. The molecule has 0 saturated carbocycles. The summed E-state index contributed by atoms with van der Waals surface area (Å²) in [5.74, 6) is -6.33. The molecule has 105 heavy (non-hydrogen) atoms. The minimum atomic E-state index is -2.12. The fourth-order valence-electron chi connectivity index (χ4n) is 13.9. The second kappa shape index (κ2) is 31.4. The number of aryl methyl sites for hydroxylation is 1. The molecule has 1 saturated heterocycles. The van der Waals surface area contributed by atoms with E-state index < -0.39 is 120 Å². The number of alkyl carbamates (subject to hydrolysis) is 1. The Hall–Kier alpha value is -10.6. The number of halogens is 1. The molecule has 32 heteroatoms. The maximum absolute atomic E-state index is 15.7. The molecule has 8 atom stereocenters. The van der Waals surface area contributed by atoms with Crippen LogP contribution in [0.5, 0.6) is 5.75 Å². The van der Waals surface area contributed by atoms with E-state index in [1.165, 1.54) is 42.0 Å². The number of pyridine rings is 2. The van der Waals surface area contributed by atoms with Crippen LogP contribution in [-0.2, 0) is 102 Å². The van der Waals surface area contributed by atoms with E-state index in [1.54, 1.807) is 29.5 Å². The van der Waals surface area contributed by atoms with Crippen LogP contribution in [0.4, 0.5) is 14.9 Å². The zero-order chi connectivity index (χ0) is 74.7. The molecule has 554 valence electrons. The molecule has 3 aromatic heterocycles. The lowest BCUT2D eigenvalue weighted by Gasteiger charge is -2.38. The molecular weight excluding hydrogens is 1370 g/mol. The van der Waals surface area contributed by atoms with Crippen molar-refractivity contribution in [3.63, 3.8) is 0 Å². The highest BCUT2D eigenvalue weighted by Gasteiger charge is 2.49. The number of hydrogen-bond donors (Lipinski definition) is 10. The number of aliphatic hydroxyl groups is 4. The largest absolute Gasteiger partial charge is 0.479 e. The Labute approximate surface area is 599 Å². The van der Waals surface area contributed by atoms with Gasteiger partial charge in [0.1, 0.15) is 54.8 Å². The number of benzene rings is 4. The second-order valence-corrected chi connectivity index (χ2v) is 26.5. The van der Waals surface area contributed by atoms with E-state index in [1.807, 2.05) is 56.3 Å². The molecule has 0 radical (unpaired) electrons. The third-order valence-corrected chi connectivity index (χ3v) is 19.5. The predicted molar refractivity (Wildman–Crippen MR) is 368 cm³/mol. The normalized spacial score (nSPS) is 20.0. The number of methoxy groups -OCH3 is 1. The van der Waals surface area contributed by atoms with Gasteiger partial charge in [0, 0.05) is 97.7 Å². The molecule has 31 nitrogen and oxygen atoms in total. The molecule has 0 bridgehead atoms. The van der Waals surface area contributed by atoms with Crippen LogP contribution in [0.15, 0.2) is 83.7 Å². The highest BCUT2D eigenvalue weighted by atomic mass is 19.1. The monoisotopic (exact) mass is 1450 g/mol. The van der Waals surface area contributed by atoms with Crippen LogP contribution in [0.25, 0.3) is 44.8 Å². The highest BCUT2D eigenvalue weighted by Crippen LogP contribution is 2.47. The predicted octanol–water partition coefficient (Wildman–Crippen LogP) is 3.32. The van der Waals surface area contributed by atoms with Crippen molar-refractivity contribution in [2.45, 2.75) is 160 Å². The van der Waals surface area contributed by atoms with E-state index in [9.17, 15) is 68.7 Å². The van der Waals surface area contributed by atoms with Crippen LogP contribution in [0.3, 0.4) is 0 Å². The molecule has 7 heterocycles. The van der Waals surface area contributed by atoms with E-state index in [0.29, 0.717) is 68.9 Å². The number of carboxylic acid groups (broad SMARTS) is 1. The fraction of sp³-hybridized carbons (Fsp3) is 0.425. The highest BCUT2D eigenvalue weighted by molar-refractivity contribution is 6.02. The second-order valence-electron chi connectivity index (χ2n) is 26.5. The van der Waals surface area contributed by atoms with Crippen LogP contribution in [0.2, 0.25) is 0 Å².